The molecule has 2 aliphatic heterocycles. The van der Waals surface area contributed by atoms with Crippen LogP contribution in [0.4, 0.5) is 5.69 Å². The summed E-state index contributed by atoms with van der Waals surface area (Å²) in [6, 6.07) is 13.7. The first-order valence-corrected chi connectivity index (χ1v) is 10.0. The van der Waals surface area contributed by atoms with Crippen LogP contribution >= 0.6 is 0 Å². The molecule has 0 unspecified atom stereocenters. The molecule has 2 aliphatic rings. The molecule has 2 aromatic rings. The third-order valence-electron chi connectivity index (χ3n) is 6.03. The SMILES string of the molecule is Cc1cc(CN2CCC[C@@H](N3CCN(c4ccccc4)CC3)C2)oc1C. The van der Waals surface area contributed by atoms with Crippen LogP contribution in [0, 0.1) is 13.8 Å². The number of furan rings is 1. The summed E-state index contributed by atoms with van der Waals surface area (Å²) in [5, 5.41) is 0. The van der Waals surface area contributed by atoms with Crippen molar-refractivity contribution in [2.75, 3.05) is 44.2 Å². The largest absolute Gasteiger partial charge is 0.465 e. The van der Waals surface area contributed by atoms with Gasteiger partial charge < -0.3 is 9.32 Å². The van der Waals surface area contributed by atoms with Gasteiger partial charge in [-0.3, -0.25) is 9.80 Å². The van der Waals surface area contributed by atoms with E-state index in [1.807, 2.05) is 0 Å². The molecule has 2 fully saturated rings. The average molecular weight is 354 g/mol. The normalized spacial score (nSPS) is 22.7. The second-order valence-electron chi connectivity index (χ2n) is 7.84. The summed E-state index contributed by atoms with van der Waals surface area (Å²) in [5.74, 6) is 2.18. The van der Waals surface area contributed by atoms with Gasteiger partial charge in [0.05, 0.1) is 6.54 Å². The van der Waals surface area contributed by atoms with Crippen LogP contribution in [0.3, 0.4) is 0 Å². The molecule has 4 nitrogen and oxygen atoms in total. The summed E-state index contributed by atoms with van der Waals surface area (Å²) >= 11 is 0. The van der Waals surface area contributed by atoms with Gasteiger partial charge in [0, 0.05) is 44.5 Å². The molecule has 0 spiro atoms. The maximum absolute atomic E-state index is 5.90. The lowest BCUT2D eigenvalue weighted by atomic mass is 10.0. The van der Waals surface area contributed by atoms with E-state index in [0.29, 0.717) is 6.04 Å². The van der Waals surface area contributed by atoms with Crippen LogP contribution in [0.25, 0.3) is 0 Å². The van der Waals surface area contributed by atoms with Crippen LogP contribution in [-0.4, -0.2) is 55.1 Å². The van der Waals surface area contributed by atoms with Crippen molar-refractivity contribution in [2.24, 2.45) is 0 Å². The van der Waals surface area contributed by atoms with Crippen molar-refractivity contribution in [1.29, 1.82) is 0 Å². The Labute approximate surface area is 157 Å². The first kappa shape index (κ1) is 17.6. The second-order valence-corrected chi connectivity index (χ2v) is 7.84. The van der Waals surface area contributed by atoms with Gasteiger partial charge in [-0.2, -0.15) is 0 Å². The van der Waals surface area contributed by atoms with Crippen molar-refractivity contribution in [2.45, 2.75) is 39.3 Å². The highest BCUT2D eigenvalue weighted by Gasteiger charge is 2.28. The maximum Gasteiger partial charge on any atom is 0.118 e. The number of piperazine rings is 1. The molecule has 26 heavy (non-hydrogen) atoms. The summed E-state index contributed by atoms with van der Waals surface area (Å²) in [4.78, 5) is 7.81. The molecule has 0 bridgehead atoms. The molecule has 0 aliphatic carbocycles. The van der Waals surface area contributed by atoms with Crippen molar-refractivity contribution in [3.05, 3.63) is 53.5 Å². The molecular formula is C22H31N3O. The standard InChI is InChI=1S/C22H31N3O/c1-18-15-22(26-19(18)2)17-23-10-6-9-21(16-23)25-13-11-24(12-14-25)20-7-4-3-5-8-20/h3-5,7-8,15,21H,6,9-14,16-17H2,1-2H3/t21-/m1/s1. The predicted octanol–water partition coefficient (Wildman–Crippen LogP) is 3.68. The van der Waals surface area contributed by atoms with Crippen LogP contribution in [-0.2, 0) is 6.54 Å². The molecule has 3 heterocycles. The first-order chi connectivity index (χ1) is 12.7. The lowest BCUT2D eigenvalue weighted by Gasteiger charge is -2.43. The lowest BCUT2D eigenvalue weighted by molar-refractivity contribution is 0.0848. The molecule has 0 N–H and O–H groups in total. The zero-order chi connectivity index (χ0) is 17.9. The molecule has 2 saturated heterocycles. The fourth-order valence-corrected chi connectivity index (χ4v) is 4.40. The lowest BCUT2D eigenvalue weighted by Crippen LogP contribution is -2.55. The van der Waals surface area contributed by atoms with Gasteiger partial charge in [0.2, 0.25) is 0 Å². The van der Waals surface area contributed by atoms with Crippen LogP contribution in [0.2, 0.25) is 0 Å². The third kappa shape index (κ3) is 3.97. The van der Waals surface area contributed by atoms with Crippen LogP contribution in [0.15, 0.2) is 40.8 Å². The third-order valence-corrected chi connectivity index (χ3v) is 6.03. The number of piperidine rings is 1. The number of hydrogen-bond acceptors (Lipinski definition) is 4. The maximum atomic E-state index is 5.90. The molecule has 140 valence electrons. The van der Waals surface area contributed by atoms with E-state index in [0.717, 1.165) is 31.2 Å². The van der Waals surface area contributed by atoms with Crippen molar-refractivity contribution in [3.63, 3.8) is 0 Å². The Morgan fingerprint density at radius 1 is 1.00 bits per heavy atom. The molecular weight excluding hydrogens is 322 g/mol. The summed E-state index contributed by atoms with van der Waals surface area (Å²) in [6.45, 7) is 12.1. The molecule has 1 atom stereocenters. The van der Waals surface area contributed by atoms with E-state index in [1.165, 1.54) is 50.3 Å². The number of nitrogens with zero attached hydrogens (tertiary/aromatic N) is 3. The van der Waals surface area contributed by atoms with Crippen molar-refractivity contribution in [1.82, 2.24) is 9.80 Å². The molecule has 4 heteroatoms. The monoisotopic (exact) mass is 353 g/mol. The van der Waals surface area contributed by atoms with Crippen molar-refractivity contribution >= 4 is 5.69 Å². The summed E-state index contributed by atoms with van der Waals surface area (Å²) in [6.07, 6.45) is 2.63. The number of benzene rings is 1. The minimum atomic E-state index is 0.693. The Morgan fingerprint density at radius 3 is 2.46 bits per heavy atom. The Balaban J connectivity index is 1.31. The predicted molar refractivity (Wildman–Crippen MR) is 107 cm³/mol. The van der Waals surface area contributed by atoms with E-state index >= 15 is 0 Å². The Bertz CT molecular complexity index is 684. The van der Waals surface area contributed by atoms with E-state index < -0.39 is 0 Å². The number of anilines is 1. The van der Waals surface area contributed by atoms with Gasteiger partial charge >= 0.3 is 0 Å². The summed E-state index contributed by atoms with van der Waals surface area (Å²) in [5.41, 5.74) is 2.63. The van der Waals surface area contributed by atoms with Crippen molar-refractivity contribution < 1.29 is 4.42 Å². The van der Waals surface area contributed by atoms with E-state index in [-0.39, 0.29) is 0 Å². The summed E-state index contributed by atoms with van der Waals surface area (Å²) in [7, 11) is 0. The molecule has 1 aromatic heterocycles. The summed E-state index contributed by atoms with van der Waals surface area (Å²) < 4.78 is 5.90. The van der Waals surface area contributed by atoms with Crippen molar-refractivity contribution in [3.8, 4) is 0 Å². The van der Waals surface area contributed by atoms with Crippen LogP contribution < -0.4 is 4.90 Å². The average Bonchev–Trinajstić information content (AvgIpc) is 3.00. The van der Waals surface area contributed by atoms with Gasteiger partial charge in [0.15, 0.2) is 0 Å². The Hall–Kier alpha value is -1.78. The molecule has 4 rings (SSSR count). The second kappa shape index (κ2) is 7.85. The Kier molecular flexibility index (Phi) is 5.32. The smallest absolute Gasteiger partial charge is 0.118 e. The zero-order valence-electron chi connectivity index (χ0n) is 16.2. The highest BCUT2D eigenvalue weighted by molar-refractivity contribution is 5.46. The van der Waals surface area contributed by atoms with E-state index in [4.69, 9.17) is 4.42 Å². The number of aryl methyl sites for hydroxylation is 2. The molecule has 0 radical (unpaired) electrons. The fourth-order valence-electron chi connectivity index (χ4n) is 4.40. The minimum Gasteiger partial charge on any atom is -0.465 e. The van der Waals surface area contributed by atoms with E-state index in [1.54, 1.807) is 0 Å². The van der Waals surface area contributed by atoms with E-state index in [9.17, 15) is 0 Å². The molecule has 0 amide bonds. The highest BCUT2D eigenvalue weighted by atomic mass is 16.3. The highest BCUT2D eigenvalue weighted by Crippen LogP contribution is 2.23. The van der Waals surface area contributed by atoms with E-state index in [2.05, 4.69) is 64.9 Å². The van der Waals surface area contributed by atoms with Gasteiger partial charge in [-0.1, -0.05) is 18.2 Å². The number of hydrogen-bond donors (Lipinski definition) is 0. The Morgan fingerprint density at radius 2 is 1.77 bits per heavy atom. The van der Waals surface area contributed by atoms with Crippen LogP contribution in [0.1, 0.15) is 29.9 Å². The first-order valence-electron chi connectivity index (χ1n) is 10.0. The van der Waals surface area contributed by atoms with Gasteiger partial charge in [-0.05, 0) is 57.0 Å². The van der Waals surface area contributed by atoms with Gasteiger partial charge in [0.25, 0.3) is 0 Å². The number of likely N-dealkylation sites (tertiary alicyclic amines) is 1. The van der Waals surface area contributed by atoms with Gasteiger partial charge in [-0.25, -0.2) is 0 Å². The molecule has 0 saturated carbocycles. The fraction of sp³-hybridized carbons (Fsp3) is 0.545. The van der Waals surface area contributed by atoms with Gasteiger partial charge in [0.1, 0.15) is 11.5 Å². The molecule has 1 aromatic carbocycles. The quantitative estimate of drug-likeness (QED) is 0.836. The topological polar surface area (TPSA) is 22.9 Å². The number of para-hydroxylation sites is 1. The van der Waals surface area contributed by atoms with Crippen LogP contribution in [0.5, 0.6) is 0 Å². The minimum absolute atomic E-state index is 0.693. The van der Waals surface area contributed by atoms with Gasteiger partial charge in [-0.15, -0.1) is 0 Å². The number of rotatable bonds is 4. The zero-order valence-corrected chi connectivity index (χ0v) is 16.2.